The van der Waals surface area contributed by atoms with Gasteiger partial charge in [0.05, 0.1) is 35.7 Å². The SMILES string of the molecule is CCOc1cc(/C=N\NC(=O)C(=O)N/N=C/c2cc(Cl)c(OCc3ccccc3)c(OCC)c2)cc(Cl)c1OCc1ccccc1. The van der Waals surface area contributed by atoms with Gasteiger partial charge in [-0.15, -0.1) is 0 Å². The third-order valence-corrected chi connectivity index (χ3v) is 6.64. The van der Waals surface area contributed by atoms with Crippen molar-refractivity contribution in [3.8, 4) is 23.0 Å². The highest BCUT2D eigenvalue weighted by Gasteiger charge is 2.15. The van der Waals surface area contributed by atoms with Crippen LogP contribution in [-0.2, 0) is 22.8 Å². The van der Waals surface area contributed by atoms with Gasteiger partial charge < -0.3 is 18.9 Å². The van der Waals surface area contributed by atoms with Crippen molar-refractivity contribution in [2.24, 2.45) is 10.2 Å². The van der Waals surface area contributed by atoms with Crippen molar-refractivity contribution in [1.29, 1.82) is 0 Å². The van der Waals surface area contributed by atoms with Gasteiger partial charge in [0.25, 0.3) is 0 Å². The molecule has 0 spiro atoms. The van der Waals surface area contributed by atoms with Gasteiger partial charge in [0, 0.05) is 0 Å². The van der Waals surface area contributed by atoms with Crippen LogP contribution in [0.1, 0.15) is 36.1 Å². The second kappa shape index (κ2) is 17.4. The lowest BCUT2D eigenvalue weighted by Gasteiger charge is -2.14. The standard InChI is InChI=1S/C34H32Cl2N4O6/c1-3-43-29-17-25(15-27(35)31(29)45-21-23-11-7-5-8-12-23)19-37-39-33(41)34(42)40-38-20-26-16-28(36)32(30(18-26)44-4-2)46-22-24-13-9-6-10-14-24/h5-20H,3-4,21-22H2,1-2H3,(H,39,41)(H,40,42)/b37-19-,38-20+. The highest BCUT2D eigenvalue weighted by atomic mass is 35.5. The largest absolute Gasteiger partial charge is 0.490 e. The minimum Gasteiger partial charge on any atom is -0.490 e. The molecular formula is C34H32Cl2N4O6. The molecule has 0 saturated heterocycles. The molecule has 0 heterocycles. The van der Waals surface area contributed by atoms with Crippen molar-refractivity contribution in [3.05, 3.63) is 117 Å². The van der Waals surface area contributed by atoms with Crippen molar-refractivity contribution in [1.82, 2.24) is 10.9 Å². The summed E-state index contributed by atoms with van der Waals surface area (Å²) in [5.41, 5.74) is 7.27. The summed E-state index contributed by atoms with van der Waals surface area (Å²) < 4.78 is 23.2. The number of nitrogens with zero attached hydrogens (tertiary/aromatic N) is 2. The van der Waals surface area contributed by atoms with Gasteiger partial charge >= 0.3 is 11.8 Å². The third-order valence-electron chi connectivity index (χ3n) is 6.08. The number of carbonyl (C=O) groups is 2. The van der Waals surface area contributed by atoms with E-state index in [-0.39, 0.29) is 0 Å². The molecule has 0 fully saturated rings. The Kier molecular flexibility index (Phi) is 12.8. The lowest BCUT2D eigenvalue weighted by molar-refractivity contribution is -0.139. The molecular weight excluding hydrogens is 631 g/mol. The monoisotopic (exact) mass is 662 g/mol. The van der Waals surface area contributed by atoms with E-state index in [0.29, 0.717) is 70.6 Å². The summed E-state index contributed by atoms with van der Waals surface area (Å²) in [5.74, 6) is -0.483. The quantitative estimate of drug-likeness (QED) is 0.0898. The number of hydrogen-bond donors (Lipinski definition) is 2. The van der Waals surface area contributed by atoms with Crippen LogP contribution in [0, 0.1) is 0 Å². The molecule has 0 bridgehead atoms. The van der Waals surface area contributed by atoms with Crippen LogP contribution in [0.4, 0.5) is 0 Å². The van der Waals surface area contributed by atoms with Crippen molar-refractivity contribution in [2.45, 2.75) is 27.1 Å². The number of hydrogen-bond acceptors (Lipinski definition) is 8. The smallest absolute Gasteiger partial charge is 0.331 e. The molecule has 46 heavy (non-hydrogen) atoms. The number of halogens is 2. The van der Waals surface area contributed by atoms with Gasteiger partial charge in [-0.05, 0) is 60.4 Å². The number of hydrazone groups is 2. The van der Waals surface area contributed by atoms with Gasteiger partial charge in [0.2, 0.25) is 0 Å². The van der Waals surface area contributed by atoms with Gasteiger partial charge in [0.15, 0.2) is 23.0 Å². The number of benzene rings is 4. The van der Waals surface area contributed by atoms with Crippen LogP contribution in [0.2, 0.25) is 10.0 Å². The van der Waals surface area contributed by atoms with Crippen molar-refractivity contribution in [2.75, 3.05) is 13.2 Å². The highest BCUT2D eigenvalue weighted by molar-refractivity contribution is 6.35. The Morgan fingerprint density at radius 1 is 0.630 bits per heavy atom. The van der Waals surface area contributed by atoms with Crippen molar-refractivity contribution < 1.29 is 28.5 Å². The number of rotatable bonds is 14. The Morgan fingerprint density at radius 2 is 1.02 bits per heavy atom. The first-order chi connectivity index (χ1) is 22.4. The highest BCUT2D eigenvalue weighted by Crippen LogP contribution is 2.38. The first-order valence-corrected chi connectivity index (χ1v) is 15.1. The summed E-state index contributed by atoms with van der Waals surface area (Å²) in [6.45, 7) is 5.02. The molecule has 2 amide bonds. The van der Waals surface area contributed by atoms with E-state index >= 15 is 0 Å². The lowest BCUT2D eigenvalue weighted by Crippen LogP contribution is -2.35. The maximum Gasteiger partial charge on any atom is 0.331 e. The van der Waals surface area contributed by atoms with Crippen LogP contribution in [-0.4, -0.2) is 37.5 Å². The van der Waals surface area contributed by atoms with Crippen LogP contribution in [0.5, 0.6) is 23.0 Å². The van der Waals surface area contributed by atoms with Crippen molar-refractivity contribution >= 4 is 47.4 Å². The second-order valence-corrected chi connectivity index (χ2v) is 10.3. The molecule has 0 aliphatic rings. The fourth-order valence-electron chi connectivity index (χ4n) is 4.02. The average molecular weight is 664 g/mol. The maximum atomic E-state index is 12.3. The molecule has 4 aromatic carbocycles. The number of carbonyl (C=O) groups excluding carboxylic acids is 2. The van der Waals surface area contributed by atoms with Gasteiger partial charge in [-0.25, -0.2) is 10.9 Å². The van der Waals surface area contributed by atoms with E-state index in [1.165, 1.54) is 12.4 Å². The summed E-state index contributed by atoms with van der Waals surface area (Å²) in [5, 5.41) is 8.29. The molecule has 238 valence electrons. The predicted octanol–water partition coefficient (Wildman–Crippen LogP) is 6.55. The van der Waals surface area contributed by atoms with Crippen LogP contribution in [0.25, 0.3) is 0 Å². The van der Waals surface area contributed by atoms with E-state index < -0.39 is 11.8 Å². The first-order valence-electron chi connectivity index (χ1n) is 14.3. The molecule has 4 rings (SSSR count). The molecule has 0 aliphatic heterocycles. The predicted molar refractivity (Wildman–Crippen MR) is 178 cm³/mol. The normalized spacial score (nSPS) is 11.0. The number of amides is 2. The Hall–Kier alpha value is -5.06. The van der Waals surface area contributed by atoms with Crippen LogP contribution in [0.15, 0.2) is 95.1 Å². The lowest BCUT2D eigenvalue weighted by atomic mass is 10.2. The summed E-state index contributed by atoms with van der Waals surface area (Å²) in [4.78, 5) is 24.5. The maximum absolute atomic E-state index is 12.3. The van der Waals surface area contributed by atoms with E-state index in [1.54, 1.807) is 24.3 Å². The Morgan fingerprint density at radius 3 is 1.39 bits per heavy atom. The van der Waals surface area contributed by atoms with E-state index in [4.69, 9.17) is 42.1 Å². The second-order valence-electron chi connectivity index (χ2n) is 9.47. The summed E-state index contributed by atoms with van der Waals surface area (Å²) in [6, 6.07) is 25.8. The Balaban J connectivity index is 1.33. The molecule has 0 saturated carbocycles. The van der Waals surface area contributed by atoms with Crippen LogP contribution < -0.4 is 29.8 Å². The van der Waals surface area contributed by atoms with Gasteiger partial charge in [-0.3, -0.25) is 9.59 Å². The molecule has 0 aliphatic carbocycles. The van der Waals surface area contributed by atoms with Gasteiger partial charge in [-0.2, -0.15) is 10.2 Å². The molecule has 0 atom stereocenters. The third kappa shape index (κ3) is 9.98. The zero-order chi connectivity index (χ0) is 32.7. The average Bonchev–Trinajstić information content (AvgIpc) is 3.05. The van der Waals surface area contributed by atoms with E-state index in [1.807, 2.05) is 74.5 Å². The van der Waals surface area contributed by atoms with Gasteiger partial charge in [-0.1, -0.05) is 83.9 Å². The summed E-state index contributed by atoms with van der Waals surface area (Å²) >= 11 is 12.9. The fourth-order valence-corrected chi connectivity index (χ4v) is 4.57. The van der Waals surface area contributed by atoms with Crippen LogP contribution >= 0.6 is 23.2 Å². The Bertz CT molecular complexity index is 1560. The first kappa shape index (κ1) is 33.8. The zero-order valence-corrected chi connectivity index (χ0v) is 26.7. The van der Waals surface area contributed by atoms with E-state index in [2.05, 4.69) is 21.1 Å². The molecule has 4 aromatic rings. The molecule has 10 nitrogen and oxygen atoms in total. The molecule has 2 N–H and O–H groups in total. The molecule has 0 radical (unpaired) electrons. The van der Waals surface area contributed by atoms with Gasteiger partial charge in [0.1, 0.15) is 13.2 Å². The Labute approximate surface area is 276 Å². The number of nitrogens with one attached hydrogen (secondary N) is 2. The molecule has 12 heteroatoms. The summed E-state index contributed by atoms with van der Waals surface area (Å²) in [7, 11) is 0. The summed E-state index contributed by atoms with van der Waals surface area (Å²) in [6.07, 6.45) is 2.64. The molecule has 0 unspecified atom stereocenters. The minimum atomic E-state index is -1.04. The van der Waals surface area contributed by atoms with Crippen molar-refractivity contribution in [3.63, 3.8) is 0 Å². The number of ether oxygens (including phenoxy) is 4. The fraction of sp³-hybridized carbons (Fsp3) is 0.176. The topological polar surface area (TPSA) is 120 Å². The van der Waals surface area contributed by atoms with E-state index in [9.17, 15) is 9.59 Å². The minimum absolute atomic E-state index is 0.296. The van der Waals surface area contributed by atoms with Crippen LogP contribution in [0.3, 0.4) is 0 Å². The zero-order valence-electron chi connectivity index (χ0n) is 25.2. The van der Waals surface area contributed by atoms with E-state index in [0.717, 1.165) is 11.1 Å². The molecule has 0 aromatic heterocycles.